The van der Waals surface area contributed by atoms with Crippen molar-refractivity contribution in [3.05, 3.63) is 57.1 Å². The molecule has 0 aliphatic heterocycles. The standard InChI is InChI=1S/C17H14FN3O5S2/c18-12-5-9(1-2-10(12)8-28(25,26)11-3-4-11)13-6-15(22)21(20-13)17-19-14(7-27-17)16(23)24/h1-2,5-7,11,20H,3-4,8H2,(H,23,24). The number of benzene rings is 1. The van der Waals surface area contributed by atoms with E-state index in [0.717, 1.165) is 22.1 Å². The Kier molecular flexibility index (Phi) is 4.42. The Morgan fingerprint density at radius 3 is 2.71 bits per heavy atom. The summed E-state index contributed by atoms with van der Waals surface area (Å²) in [4.78, 5) is 27.0. The molecule has 1 aromatic carbocycles. The van der Waals surface area contributed by atoms with Crippen molar-refractivity contribution >= 4 is 27.1 Å². The van der Waals surface area contributed by atoms with Crippen molar-refractivity contribution in [3.63, 3.8) is 0 Å². The predicted molar refractivity (Wildman–Crippen MR) is 100 cm³/mol. The van der Waals surface area contributed by atoms with E-state index in [9.17, 15) is 22.4 Å². The molecule has 28 heavy (non-hydrogen) atoms. The molecular weight excluding hydrogens is 409 g/mol. The van der Waals surface area contributed by atoms with Gasteiger partial charge in [-0.2, -0.15) is 4.68 Å². The number of carboxylic acids is 1. The van der Waals surface area contributed by atoms with E-state index in [1.54, 1.807) is 0 Å². The fraction of sp³-hybridized carbons (Fsp3) is 0.235. The van der Waals surface area contributed by atoms with E-state index in [0.29, 0.717) is 24.1 Å². The highest BCUT2D eigenvalue weighted by Crippen LogP contribution is 2.32. The van der Waals surface area contributed by atoms with Gasteiger partial charge < -0.3 is 5.11 Å². The number of aromatic amines is 1. The first-order valence-electron chi connectivity index (χ1n) is 8.26. The van der Waals surface area contributed by atoms with Crippen LogP contribution in [0.15, 0.2) is 34.4 Å². The first kappa shape index (κ1) is 18.6. The Hall–Kier alpha value is -2.79. The molecule has 3 aromatic rings. The molecule has 0 unspecified atom stereocenters. The molecule has 2 heterocycles. The molecule has 0 spiro atoms. The second-order valence-electron chi connectivity index (χ2n) is 6.48. The highest BCUT2D eigenvalue weighted by Gasteiger charge is 2.36. The summed E-state index contributed by atoms with van der Waals surface area (Å²) >= 11 is 0.973. The predicted octanol–water partition coefficient (Wildman–Crippen LogP) is 2.20. The Balaban J connectivity index is 1.63. The summed E-state index contributed by atoms with van der Waals surface area (Å²) in [5.41, 5.74) is 0.0735. The van der Waals surface area contributed by atoms with Gasteiger partial charge in [0.2, 0.25) is 5.13 Å². The van der Waals surface area contributed by atoms with Gasteiger partial charge in [0, 0.05) is 22.6 Å². The summed E-state index contributed by atoms with van der Waals surface area (Å²) in [6.07, 6.45) is 1.24. The molecule has 1 aliphatic rings. The summed E-state index contributed by atoms with van der Waals surface area (Å²) in [5, 5.41) is 12.8. The molecule has 4 rings (SSSR count). The molecule has 2 aromatic heterocycles. The monoisotopic (exact) mass is 423 g/mol. The van der Waals surface area contributed by atoms with Crippen LogP contribution in [0.2, 0.25) is 0 Å². The number of rotatable bonds is 6. The van der Waals surface area contributed by atoms with E-state index in [4.69, 9.17) is 5.11 Å². The van der Waals surface area contributed by atoms with Crippen LogP contribution in [0.4, 0.5) is 4.39 Å². The van der Waals surface area contributed by atoms with Crippen molar-refractivity contribution < 1.29 is 22.7 Å². The molecule has 11 heteroatoms. The highest BCUT2D eigenvalue weighted by atomic mass is 32.2. The maximum absolute atomic E-state index is 14.4. The Morgan fingerprint density at radius 1 is 1.36 bits per heavy atom. The average molecular weight is 423 g/mol. The fourth-order valence-electron chi connectivity index (χ4n) is 2.74. The van der Waals surface area contributed by atoms with Crippen LogP contribution in [-0.4, -0.2) is 39.5 Å². The molecule has 1 saturated carbocycles. The summed E-state index contributed by atoms with van der Waals surface area (Å²) in [6.45, 7) is 0. The highest BCUT2D eigenvalue weighted by molar-refractivity contribution is 7.91. The molecule has 146 valence electrons. The number of nitrogens with one attached hydrogen (secondary N) is 1. The van der Waals surface area contributed by atoms with Crippen LogP contribution in [0.25, 0.3) is 16.4 Å². The fourth-order valence-corrected chi connectivity index (χ4v) is 5.26. The van der Waals surface area contributed by atoms with E-state index in [-0.39, 0.29) is 27.4 Å². The van der Waals surface area contributed by atoms with Gasteiger partial charge in [-0.05, 0) is 18.9 Å². The third kappa shape index (κ3) is 3.50. The average Bonchev–Trinajstić information content (AvgIpc) is 3.26. The SMILES string of the molecule is O=C(O)c1csc(-n2[nH]c(-c3ccc(CS(=O)(=O)C4CC4)c(F)c3)cc2=O)n1. The lowest BCUT2D eigenvalue weighted by molar-refractivity contribution is 0.0691. The van der Waals surface area contributed by atoms with Crippen LogP contribution in [0.5, 0.6) is 0 Å². The van der Waals surface area contributed by atoms with Crippen LogP contribution < -0.4 is 5.56 Å². The minimum atomic E-state index is -3.34. The molecule has 0 saturated heterocycles. The van der Waals surface area contributed by atoms with Gasteiger partial charge in [0.1, 0.15) is 5.82 Å². The van der Waals surface area contributed by atoms with Gasteiger partial charge in [0.25, 0.3) is 5.56 Å². The van der Waals surface area contributed by atoms with Gasteiger partial charge in [0.15, 0.2) is 15.5 Å². The number of carboxylic acid groups (broad SMARTS) is 1. The molecule has 1 aliphatic carbocycles. The number of aromatic nitrogens is 3. The third-order valence-electron chi connectivity index (χ3n) is 4.38. The third-order valence-corrected chi connectivity index (χ3v) is 7.40. The van der Waals surface area contributed by atoms with E-state index >= 15 is 0 Å². The maximum atomic E-state index is 14.4. The Labute approximate surface area is 162 Å². The normalized spacial score (nSPS) is 14.3. The molecule has 0 bridgehead atoms. The zero-order valence-electron chi connectivity index (χ0n) is 14.3. The number of aromatic carboxylic acids is 1. The van der Waals surface area contributed by atoms with Crippen molar-refractivity contribution in [1.82, 2.24) is 14.8 Å². The summed E-state index contributed by atoms with van der Waals surface area (Å²) in [6, 6.07) is 5.32. The zero-order valence-corrected chi connectivity index (χ0v) is 15.9. The smallest absolute Gasteiger partial charge is 0.355 e. The molecule has 0 atom stereocenters. The maximum Gasteiger partial charge on any atom is 0.355 e. The molecule has 2 N–H and O–H groups in total. The van der Waals surface area contributed by atoms with Gasteiger partial charge in [-0.15, -0.1) is 11.3 Å². The second kappa shape index (κ2) is 6.67. The van der Waals surface area contributed by atoms with Gasteiger partial charge in [-0.3, -0.25) is 9.89 Å². The minimum Gasteiger partial charge on any atom is -0.476 e. The van der Waals surface area contributed by atoms with Crippen LogP contribution >= 0.6 is 11.3 Å². The lowest BCUT2D eigenvalue weighted by atomic mass is 10.1. The first-order chi connectivity index (χ1) is 13.2. The van der Waals surface area contributed by atoms with Gasteiger partial charge in [0.05, 0.1) is 16.7 Å². The van der Waals surface area contributed by atoms with Crippen molar-refractivity contribution in [2.45, 2.75) is 23.8 Å². The topological polar surface area (TPSA) is 122 Å². The number of carbonyl (C=O) groups is 1. The van der Waals surface area contributed by atoms with E-state index in [1.807, 2.05) is 0 Å². The lowest BCUT2D eigenvalue weighted by Crippen LogP contribution is -2.13. The van der Waals surface area contributed by atoms with Crippen LogP contribution in [0.1, 0.15) is 28.9 Å². The number of thiazole rings is 1. The van der Waals surface area contributed by atoms with Crippen molar-refractivity contribution in [2.75, 3.05) is 0 Å². The largest absolute Gasteiger partial charge is 0.476 e. The number of nitrogens with zero attached hydrogens (tertiary/aromatic N) is 2. The van der Waals surface area contributed by atoms with Crippen LogP contribution in [0, 0.1) is 5.82 Å². The summed E-state index contributed by atoms with van der Waals surface area (Å²) < 4.78 is 39.6. The number of H-pyrrole nitrogens is 1. The molecule has 0 radical (unpaired) electrons. The lowest BCUT2D eigenvalue weighted by Gasteiger charge is -2.06. The second-order valence-corrected chi connectivity index (χ2v) is 9.59. The van der Waals surface area contributed by atoms with Gasteiger partial charge >= 0.3 is 5.97 Å². The van der Waals surface area contributed by atoms with E-state index in [1.165, 1.54) is 23.6 Å². The molecule has 0 amide bonds. The van der Waals surface area contributed by atoms with Crippen LogP contribution in [0.3, 0.4) is 0 Å². The van der Waals surface area contributed by atoms with E-state index < -0.39 is 27.2 Å². The van der Waals surface area contributed by atoms with Crippen molar-refractivity contribution in [2.24, 2.45) is 0 Å². The minimum absolute atomic E-state index is 0.0865. The molecule has 8 nitrogen and oxygen atoms in total. The zero-order chi connectivity index (χ0) is 20.1. The Morgan fingerprint density at radius 2 is 2.11 bits per heavy atom. The van der Waals surface area contributed by atoms with Gasteiger partial charge in [-0.1, -0.05) is 12.1 Å². The van der Waals surface area contributed by atoms with Crippen LogP contribution in [-0.2, 0) is 15.6 Å². The number of hydrogen-bond donors (Lipinski definition) is 2. The van der Waals surface area contributed by atoms with Gasteiger partial charge in [-0.25, -0.2) is 22.6 Å². The Bertz CT molecular complexity index is 1240. The first-order valence-corrected chi connectivity index (χ1v) is 10.9. The van der Waals surface area contributed by atoms with E-state index in [2.05, 4.69) is 10.1 Å². The quantitative estimate of drug-likeness (QED) is 0.627. The molecule has 1 fully saturated rings. The summed E-state index contributed by atoms with van der Waals surface area (Å²) in [5.74, 6) is -2.22. The van der Waals surface area contributed by atoms with Crippen molar-refractivity contribution in [1.29, 1.82) is 0 Å². The van der Waals surface area contributed by atoms with Crippen molar-refractivity contribution in [3.8, 4) is 16.4 Å². The number of hydrogen-bond acceptors (Lipinski definition) is 6. The molecular formula is C17H14FN3O5S2. The number of sulfone groups is 1. The number of halogens is 1. The summed E-state index contributed by atoms with van der Waals surface area (Å²) in [7, 11) is -3.34.